The van der Waals surface area contributed by atoms with E-state index in [1.54, 1.807) is 7.11 Å². The molecule has 0 radical (unpaired) electrons. The molecule has 7 heteroatoms. The summed E-state index contributed by atoms with van der Waals surface area (Å²) in [5, 5.41) is 4.34. The number of halogens is 1. The van der Waals surface area contributed by atoms with Crippen LogP contribution in [0.4, 0.5) is 5.13 Å². The number of carbonyl (C=O) groups is 1. The molecular weight excluding hydrogens is 522 g/mol. The summed E-state index contributed by atoms with van der Waals surface area (Å²) in [5.74, 6) is 0.537. The van der Waals surface area contributed by atoms with Crippen LogP contribution in [0, 0.1) is 13.8 Å². The number of aryl methyl sites for hydroxylation is 2. The monoisotopic (exact) mass is 543 g/mol. The molecule has 0 unspecified atom stereocenters. The SMILES string of the molecule is COc1ccc(-c2cc(C(=O)Nc3nc(-c4ccc(C)cc4)c(C)s3)c3cc(Br)ccc3n2)cc1. The van der Waals surface area contributed by atoms with Crippen molar-refractivity contribution in [2.75, 3.05) is 12.4 Å². The van der Waals surface area contributed by atoms with Gasteiger partial charge in [0.25, 0.3) is 5.91 Å². The second-order valence-electron chi connectivity index (χ2n) is 8.19. The minimum absolute atomic E-state index is 0.227. The minimum atomic E-state index is -0.227. The summed E-state index contributed by atoms with van der Waals surface area (Å²) in [4.78, 5) is 24.1. The second kappa shape index (κ2) is 9.60. The molecule has 0 atom stereocenters. The van der Waals surface area contributed by atoms with E-state index >= 15 is 0 Å². The number of aromatic nitrogens is 2. The van der Waals surface area contributed by atoms with Crippen molar-refractivity contribution in [2.45, 2.75) is 13.8 Å². The first kappa shape index (κ1) is 23.2. The molecule has 0 bridgehead atoms. The van der Waals surface area contributed by atoms with Crippen molar-refractivity contribution in [1.29, 1.82) is 0 Å². The number of ether oxygens (including phenoxy) is 1. The van der Waals surface area contributed by atoms with Gasteiger partial charge in [0.1, 0.15) is 5.75 Å². The summed E-state index contributed by atoms with van der Waals surface area (Å²) in [7, 11) is 1.63. The number of pyridine rings is 1. The van der Waals surface area contributed by atoms with Gasteiger partial charge in [0, 0.05) is 25.9 Å². The molecule has 5 aromatic rings. The van der Waals surface area contributed by atoms with Crippen LogP contribution < -0.4 is 10.1 Å². The number of rotatable bonds is 5. The number of anilines is 1. The quantitative estimate of drug-likeness (QED) is 0.247. The summed E-state index contributed by atoms with van der Waals surface area (Å²) in [5.41, 5.74) is 5.99. The number of fused-ring (bicyclic) bond motifs is 1. The van der Waals surface area contributed by atoms with E-state index in [9.17, 15) is 4.79 Å². The van der Waals surface area contributed by atoms with Gasteiger partial charge >= 0.3 is 0 Å². The second-order valence-corrected chi connectivity index (χ2v) is 10.3. The molecule has 0 saturated carbocycles. The Hall–Kier alpha value is -3.55. The third-order valence-corrected chi connectivity index (χ3v) is 7.12. The van der Waals surface area contributed by atoms with E-state index in [-0.39, 0.29) is 5.91 Å². The van der Waals surface area contributed by atoms with Crippen LogP contribution in [0.3, 0.4) is 0 Å². The third kappa shape index (κ3) is 4.83. The summed E-state index contributed by atoms with van der Waals surface area (Å²) < 4.78 is 6.15. The van der Waals surface area contributed by atoms with Gasteiger partial charge in [-0.2, -0.15) is 0 Å². The van der Waals surface area contributed by atoms with Gasteiger partial charge in [0.05, 0.1) is 29.6 Å². The van der Waals surface area contributed by atoms with Crippen molar-refractivity contribution in [3.63, 3.8) is 0 Å². The van der Waals surface area contributed by atoms with Crippen LogP contribution in [0.15, 0.2) is 77.3 Å². The van der Waals surface area contributed by atoms with Crippen molar-refractivity contribution in [2.24, 2.45) is 0 Å². The zero-order chi connectivity index (χ0) is 24.5. The molecule has 0 aliphatic heterocycles. The average Bonchev–Trinajstić information content (AvgIpc) is 3.23. The highest BCUT2D eigenvalue weighted by molar-refractivity contribution is 9.10. The molecule has 0 spiro atoms. The summed E-state index contributed by atoms with van der Waals surface area (Å²) in [6.45, 7) is 4.07. The molecule has 0 saturated heterocycles. The van der Waals surface area contributed by atoms with E-state index in [2.05, 4.69) is 52.4 Å². The molecule has 2 heterocycles. The molecule has 0 aliphatic rings. The molecule has 174 valence electrons. The fourth-order valence-corrected chi connectivity index (χ4v) is 5.08. The van der Waals surface area contributed by atoms with E-state index < -0.39 is 0 Å². The third-order valence-electron chi connectivity index (χ3n) is 5.74. The van der Waals surface area contributed by atoms with Crippen LogP contribution in [-0.4, -0.2) is 23.0 Å². The molecule has 5 nitrogen and oxygen atoms in total. The molecule has 35 heavy (non-hydrogen) atoms. The number of thiazole rings is 1. The summed E-state index contributed by atoms with van der Waals surface area (Å²) >= 11 is 4.99. The Morgan fingerprint density at radius 3 is 2.34 bits per heavy atom. The first-order valence-electron chi connectivity index (χ1n) is 11.0. The predicted molar refractivity (Wildman–Crippen MR) is 146 cm³/mol. The fourth-order valence-electron chi connectivity index (χ4n) is 3.89. The Morgan fingerprint density at radius 1 is 0.914 bits per heavy atom. The highest BCUT2D eigenvalue weighted by Crippen LogP contribution is 2.32. The zero-order valence-corrected chi connectivity index (χ0v) is 21.8. The lowest BCUT2D eigenvalue weighted by Crippen LogP contribution is -2.13. The van der Waals surface area contributed by atoms with Crippen molar-refractivity contribution < 1.29 is 9.53 Å². The molecule has 1 amide bonds. The molecule has 3 aromatic carbocycles. The minimum Gasteiger partial charge on any atom is -0.497 e. The predicted octanol–water partition coefficient (Wildman–Crippen LogP) is 7.67. The number of hydrogen-bond donors (Lipinski definition) is 1. The van der Waals surface area contributed by atoms with Gasteiger partial charge in [0.15, 0.2) is 5.13 Å². The summed E-state index contributed by atoms with van der Waals surface area (Å²) in [6, 6.07) is 23.4. The van der Waals surface area contributed by atoms with Crippen molar-refractivity contribution in [3.8, 4) is 28.3 Å². The Kier molecular flexibility index (Phi) is 6.36. The van der Waals surface area contributed by atoms with Crippen LogP contribution in [0.25, 0.3) is 33.4 Å². The topological polar surface area (TPSA) is 64.1 Å². The van der Waals surface area contributed by atoms with Gasteiger partial charge in [-0.05, 0) is 62.4 Å². The Bertz CT molecular complexity index is 1540. The number of benzene rings is 3. The summed E-state index contributed by atoms with van der Waals surface area (Å²) in [6.07, 6.45) is 0. The molecular formula is C28H22BrN3O2S. The van der Waals surface area contributed by atoms with Gasteiger partial charge in [-0.1, -0.05) is 45.8 Å². The van der Waals surface area contributed by atoms with Crippen LogP contribution in [0.5, 0.6) is 5.75 Å². The van der Waals surface area contributed by atoms with E-state index in [1.165, 1.54) is 16.9 Å². The molecule has 0 fully saturated rings. The lowest BCUT2D eigenvalue weighted by atomic mass is 10.0. The zero-order valence-electron chi connectivity index (χ0n) is 19.4. The standard InChI is InChI=1S/C28H22BrN3O2S/c1-16-4-6-19(7-5-16)26-17(2)35-28(31-26)32-27(33)23-15-25(18-8-11-21(34-3)12-9-18)30-24-13-10-20(29)14-22(23)24/h4-15H,1-3H3,(H,31,32,33). The van der Waals surface area contributed by atoms with E-state index in [4.69, 9.17) is 14.7 Å². The maximum atomic E-state index is 13.5. The van der Waals surface area contributed by atoms with Gasteiger partial charge in [-0.3, -0.25) is 10.1 Å². The molecule has 0 aliphatic carbocycles. The Morgan fingerprint density at radius 2 is 1.63 bits per heavy atom. The van der Waals surface area contributed by atoms with Gasteiger partial charge in [0.2, 0.25) is 0 Å². The first-order chi connectivity index (χ1) is 16.9. The first-order valence-corrected chi connectivity index (χ1v) is 12.6. The van der Waals surface area contributed by atoms with E-state index in [1.807, 2.05) is 55.5 Å². The molecule has 2 aromatic heterocycles. The number of nitrogens with one attached hydrogen (secondary N) is 1. The average molecular weight is 544 g/mol. The van der Waals surface area contributed by atoms with Gasteiger partial charge in [-0.25, -0.2) is 9.97 Å². The number of carbonyl (C=O) groups excluding carboxylic acids is 1. The maximum absolute atomic E-state index is 13.5. The van der Waals surface area contributed by atoms with E-state index in [0.717, 1.165) is 42.8 Å². The largest absolute Gasteiger partial charge is 0.497 e. The van der Waals surface area contributed by atoms with Gasteiger partial charge < -0.3 is 4.74 Å². The van der Waals surface area contributed by atoms with Crippen LogP contribution in [-0.2, 0) is 0 Å². The van der Waals surface area contributed by atoms with Crippen molar-refractivity contribution in [1.82, 2.24) is 9.97 Å². The highest BCUT2D eigenvalue weighted by atomic mass is 79.9. The number of hydrogen-bond acceptors (Lipinski definition) is 5. The van der Waals surface area contributed by atoms with Crippen molar-refractivity contribution in [3.05, 3.63) is 93.3 Å². The van der Waals surface area contributed by atoms with Gasteiger partial charge in [-0.15, -0.1) is 11.3 Å². The van der Waals surface area contributed by atoms with Crippen LogP contribution in [0.2, 0.25) is 0 Å². The van der Waals surface area contributed by atoms with E-state index in [0.29, 0.717) is 16.4 Å². The fraction of sp³-hybridized carbons (Fsp3) is 0.107. The number of nitrogens with zero attached hydrogens (tertiary/aromatic N) is 2. The number of amides is 1. The van der Waals surface area contributed by atoms with Crippen LogP contribution in [0.1, 0.15) is 20.8 Å². The highest BCUT2D eigenvalue weighted by Gasteiger charge is 2.18. The molecule has 5 rings (SSSR count). The Labute approximate surface area is 216 Å². The van der Waals surface area contributed by atoms with Crippen molar-refractivity contribution >= 4 is 49.2 Å². The maximum Gasteiger partial charge on any atom is 0.258 e. The normalized spacial score (nSPS) is 11.0. The Balaban J connectivity index is 1.53. The van der Waals surface area contributed by atoms with Crippen LogP contribution >= 0.6 is 27.3 Å². The smallest absolute Gasteiger partial charge is 0.258 e. The lowest BCUT2D eigenvalue weighted by Gasteiger charge is -2.10. The lowest BCUT2D eigenvalue weighted by molar-refractivity contribution is 0.102. The number of methoxy groups -OCH3 is 1. The molecule has 1 N–H and O–H groups in total.